The van der Waals surface area contributed by atoms with Crippen molar-refractivity contribution in [1.29, 1.82) is 0 Å². The van der Waals surface area contributed by atoms with Crippen molar-refractivity contribution in [3.63, 3.8) is 0 Å². The minimum atomic E-state index is -1.23. The number of rotatable bonds is 3. The van der Waals surface area contributed by atoms with E-state index in [9.17, 15) is 8.60 Å². The van der Waals surface area contributed by atoms with Crippen LogP contribution in [0.5, 0.6) is 5.75 Å². The van der Waals surface area contributed by atoms with E-state index >= 15 is 0 Å². The zero-order valence-electron chi connectivity index (χ0n) is 11.6. The van der Waals surface area contributed by atoms with Crippen LogP contribution < -0.4 is 10.5 Å². The molecule has 21 heavy (non-hydrogen) atoms. The second-order valence-corrected chi connectivity index (χ2v) is 6.66. The van der Waals surface area contributed by atoms with E-state index < -0.39 is 10.8 Å². The van der Waals surface area contributed by atoms with Crippen molar-refractivity contribution in [3.05, 3.63) is 53.3 Å². The number of nitrogens with two attached hydrogens (primary N) is 1. The highest BCUT2D eigenvalue weighted by atomic mass is 32.2. The third-order valence-electron chi connectivity index (χ3n) is 3.63. The van der Waals surface area contributed by atoms with Gasteiger partial charge in [-0.2, -0.15) is 0 Å². The van der Waals surface area contributed by atoms with Gasteiger partial charge in [-0.25, -0.2) is 4.39 Å². The molecule has 1 heterocycles. The Morgan fingerprint density at radius 1 is 1.38 bits per heavy atom. The van der Waals surface area contributed by atoms with E-state index in [1.807, 2.05) is 19.1 Å². The number of nitrogen functional groups attached to an aromatic ring is 1. The summed E-state index contributed by atoms with van der Waals surface area (Å²) in [4.78, 5) is 0.640. The monoisotopic (exact) mass is 305 g/mol. The summed E-state index contributed by atoms with van der Waals surface area (Å²) in [5.41, 5.74) is 8.29. The van der Waals surface area contributed by atoms with Gasteiger partial charge >= 0.3 is 0 Å². The first-order valence-corrected chi connectivity index (χ1v) is 8.05. The summed E-state index contributed by atoms with van der Waals surface area (Å²) in [5, 5.41) is 0. The quantitative estimate of drug-likeness (QED) is 0.887. The molecule has 0 saturated carbocycles. The van der Waals surface area contributed by atoms with Gasteiger partial charge in [-0.05, 0) is 36.8 Å². The number of hydrogen-bond acceptors (Lipinski definition) is 3. The predicted octanol–water partition coefficient (Wildman–Crippen LogP) is 2.83. The Balaban J connectivity index is 1.74. The molecule has 3 nitrogen and oxygen atoms in total. The van der Waals surface area contributed by atoms with Crippen molar-refractivity contribution in [1.82, 2.24) is 0 Å². The van der Waals surface area contributed by atoms with Crippen molar-refractivity contribution in [3.8, 4) is 5.75 Å². The number of halogens is 1. The van der Waals surface area contributed by atoms with Crippen molar-refractivity contribution >= 4 is 16.5 Å². The molecule has 2 atom stereocenters. The van der Waals surface area contributed by atoms with Crippen molar-refractivity contribution in [2.75, 3.05) is 11.5 Å². The summed E-state index contributed by atoms with van der Waals surface area (Å²) in [7, 11) is -1.23. The lowest BCUT2D eigenvalue weighted by Gasteiger charge is -2.12. The van der Waals surface area contributed by atoms with Crippen LogP contribution in [0.2, 0.25) is 0 Å². The van der Waals surface area contributed by atoms with Crippen LogP contribution in [0.1, 0.15) is 11.1 Å². The number of aryl methyl sites for hydroxylation is 1. The molecule has 0 saturated heterocycles. The highest BCUT2D eigenvalue weighted by Crippen LogP contribution is 2.30. The van der Waals surface area contributed by atoms with Crippen molar-refractivity contribution < 1.29 is 13.3 Å². The van der Waals surface area contributed by atoms with E-state index in [0.29, 0.717) is 28.5 Å². The van der Waals surface area contributed by atoms with E-state index in [-0.39, 0.29) is 11.9 Å². The highest BCUT2D eigenvalue weighted by molar-refractivity contribution is 7.85. The average Bonchev–Trinajstić information content (AvgIpc) is 2.83. The smallest absolute Gasteiger partial charge is 0.123 e. The maximum atomic E-state index is 13.2. The molecule has 2 N–H and O–H groups in total. The standard InChI is InChI=1S/C16H16FNO2S/c1-10-3-2-4-15(16(10)18)21(19)9-13-8-11-7-12(17)5-6-14(11)20-13/h2-7,13H,8-9,18H2,1H3. The topological polar surface area (TPSA) is 52.3 Å². The molecule has 110 valence electrons. The minimum absolute atomic E-state index is 0.206. The molecule has 0 spiro atoms. The number of anilines is 1. The second kappa shape index (κ2) is 5.48. The van der Waals surface area contributed by atoms with E-state index in [0.717, 1.165) is 11.1 Å². The summed E-state index contributed by atoms with van der Waals surface area (Å²) >= 11 is 0. The fourth-order valence-electron chi connectivity index (χ4n) is 2.49. The zero-order chi connectivity index (χ0) is 15.0. The number of ether oxygens (including phenoxy) is 1. The van der Waals surface area contributed by atoms with Crippen molar-refractivity contribution in [2.45, 2.75) is 24.3 Å². The lowest BCUT2D eigenvalue weighted by Crippen LogP contribution is -2.22. The number of hydrogen-bond donors (Lipinski definition) is 1. The van der Waals surface area contributed by atoms with Gasteiger partial charge in [0.2, 0.25) is 0 Å². The van der Waals surface area contributed by atoms with Crippen LogP contribution in [-0.4, -0.2) is 16.1 Å². The summed E-state index contributed by atoms with van der Waals surface area (Å²) in [6.45, 7) is 1.89. The third-order valence-corrected chi connectivity index (χ3v) is 5.15. The molecule has 0 amide bonds. The molecule has 3 rings (SSSR count). The summed E-state index contributed by atoms with van der Waals surface area (Å²) in [6, 6.07) is 9.98. The van der Waals surface area contributed by atoms with Gasteiger partial charge in [0.25, 0.3) is 0 Å². The molecule has 2 aromatic carbocycles. The summed E-state index contributed by atoms with van der Waals surface area (Å²) in [5.74, 6) is 0.752. The van der Waals surface area contributed by atoms with Crippen LogP contribution in [0, 0.1) is 12.7 Å². The van der Waals surface area contributed by atoms with E-state index in [1.165, 1.54) is 12.1 Å². The summed E-state index contributed by atoms with van der Waals surface area (Å²) < 4.78 is 31.4. The van der Waals surface area contributed by atoms with E-state index in [1.54, 1.807) is 12.1 Å². The largest absolute Gasteiger partial charge is 0.489 e. The molecule has 2 unspecified atom stereocenters. The molecular weight excluding hydrogens is 289 g/mol. The molecule has 0 aliphatic carbocycles. The Labute approximate surface area is 125 Å². The van der Waals surface area contributed by atoms with Crippen LogP contribution in [0.3, 0.4) is 0 Å². The minimum Gasteiger partial charge on any atom is -0.489 e. The van der Waals surface area contributed by atoms with Gasteiger partial charge in [0, 0.05) is 12.0 Å². The average molecular weight is 305 g/mol. The normalized spacial score (nSPS) is 18.1. The first kappa shape index (κ1) is 14.1. The van der Waals surface area contributed by atoms with Gasteiger partial charge in [0.1, 0.15) is 17.7 Å². The fraction of sp³-hybridized carbons (Fsp3) is 0.250. The molecule has 1 aliphatic heterocycles. The van der Waals surface area contributed by atoms with Gasteiger partial charge in [-0.1, -0.05) is 12.1 Å². The lowest BCUT2D eigenvalue weighted by molar-refractivity contribution is 0.258. The maximum Gasteiger partial charge on any atom is 0.123 e. The predicted molar refractivity (Wildman–Crippen MR) is 81.4 cm³/mol. The zero-order valence-corrected chi connectivity index (χ0v) is 12.5. The van der Waals surface area contributed by atoms with Gasteiger partial charge in [0.15, 0.2) is 0 Å². The lowest BCUT2D eigenvalue weighted by atomic mass is 10.1. The first-order valence-electron chi connectivity index (χ1n) is 6.73. The van der Waals surface area contributed by atoms with Crippen LogP contribution in [0.4, 0.5) is 10.1 Å². The Kier molecular flexibility index (Phi) is 3.68. The molecule has 0 radical (unpaired) electrons. The molecule has 5 heteroatoms. The van der Waals surface area contributed by atoms with Crippen LogP contribution in [0.15, 0.2) is 41.3 Å². The molecule has 0 bridgehead atoms. The Bertz CT molecular complexity index is 717. The molecular formula is C16H16FNO2S. The maximum absolute atomic E-state index is 13.2. The fourth-order valence-corrected chi connectivity index (χ4v) is 3.83. The second-order valence-electron chi connectivity index (χ2n) is 5.19. The van der Waals surface area contributed by atoms with Gasteiger partial charge in [-0.3, -0.25) is 4.21 Å². The van der Waals surface area contributed by atoms with E-state index in [2.05, 4.69) is 0 Å². The Hall–Kier alpha value is -1.88. The molecule has 2 aromatic rings. The van der Waals surface area contributed by atoms with Crippen LogP contribution in [-0.2, 0) is 17.2 Å². The van der Waals surface area contributed by atoms with Crippen LogP contribution >= 0.6 is 0 Å². The SMILES string of the molecule is Cc1cccc(S(=O)CC2Cc3cc(F)ccc3O2)c1N. The van der Waals surface area contributed by atoms with E-state index in [4.69, 9.17) is 10.5 Å². The first-order chi connectivity index (χ1) is 10.0. The Morgan fingerprint density at radius 2 is 2.19 bits per heavy atom. The number of para-hydroxylation sites is 1. The van der Waals surface area contributed by atoms with Gasteiger partial charge in [0.05, 0.1) is 27.1 Å². The molecule has 0 aromatic heterocycles. The molecule has 0 fully saturated rings. The third kappa shape index (κ3) is 2.78. The summed E-state index contributed by atoms with van der Waals surface area (Å²) in [6.07, 6.45) is 0.368. The number of fused-ring (bicyclic) bond motifs is 1. The van der Waals surface area contributed by atoms with Gasteiger partial charge in [-0.15, -0.1) is 0 Å². The Morgan fingerprint density at radius 3 is 3.00 bits per heavy atom. The highest BCUT2D eigenvalue weighted by Gasteiger charge is 2.26. The van der Waals surface area contributed by atoms with Gasteiger partial charge < -0.3 is 10.5 Å². The van der Waals surface area contributed by atoms with Crippen molar-refractivity contribution in [2.24, 2.45) is 0 Å². The van der Waals surface area contributed by atoms with Crippen LogP contribution in [0.25, 0.3) is 0 Å². The molecule has 1 aliphatic rings. The number of benzene rings is 2.